The van der Waals surface area contributed by atoms with Gasteiger partial charge in [-0.25, -0.2) is 9.38 Å². The Bertz CT molecular complexity index is 647. The van der Waals surface area contributed by atoms with Crippen LogP contribution in [0.2, 0.25) is 0 Å². The average molecular weight is 303 g/mol. The molecule has 2 rings (SSSR count). The Kier molecular flexibility index (Phi) is 5.59. The molecule has 0 spiro atoms. The van der Waals surface area contributed by atoms with Gasteiger partial charge in [-0.2, -0.15) is 0 Å². The summed E-state index contributed by atoms with van der Waals surface area (Å²) < 4.78 is 23.6. The van der Waals surface area contributed by atoms with Crippen LogP contribution in [0.3, 0.4) is 0 Å². The van der Waals surface area contributed by atoms with E-state index in [0.29, 0.717) is 24.7 Å². The topological polar surface area (TPSA) is 68.9 Å². The summed E-state index contributed by atoms with van der Waals surface area (Å²) in [6, 6.07) is 13.3. The smallest absolute Gasteiger partial charge is 0.193 e. The molecule has 0 saturated carbocycles. The van der Waals surface area contributed by atoms with Gasteiger partial charge in [0.25, 0.3) is 0 Å². The minimum atomic E-state index is -0.335. The van der Waals surface area contributed by atoms with Gasteiger partial charge in [0.15, 0.2) is 5.96 Å². The van der Waals surface area contributed by atoms with Crippen molar-refractivity contribution < 1.29 is 13.9 Å². The standard InChI is InChI=1S/C16H18FN3O2/c1-21-15-8-3-2-7-14(15)20-16(18)19-9-10-22-13-6-4-5-12(17)11-13/h2-8,11H,9-10H2,1H3,(H3,18,19,20). The quantitative estimate of drug-likeness (QED) is 0.489. The Labute approximate surface area is 128 Å². The highest BCUT2D eigenvalue weighted by atomic mass is 19.1. The Morgan fingerprint density at radius 1 is 1.23 bits per heavy atom. The van der Waals surface area contributed by atoms with E-state index in [-0.39, 0.29) is 11.8 Å². The van der Waals surface area contributed by atoms with Crippen LogP contribution in [-0.4, -0.2) is 26.2 Å². The van der Waals surface area contributed by atoms with Gasteiger partial charge in [-0.05, 0) is 24.3 Å². The van der Waals surface area contributed by atoms with Gasteiger partial charge in [0.2, 0.25) is 0 Å². The number of methoxy groups -OCH3 is 1. The Hall–Kier alpha value is -2.76. The van der Waals surface area contributed by atoms with Crippen LogP contribution in [0.25, 0.3) is 0 Å². The third-order valence-electron chi connectivity index (χ3n) is 2.81. The molecule has 0 bridgehead atoms. The summed E-state index contributed by atoms with van der Waals surface area (Å²) in [6.45, 7) is 0.655. The SMILES string of the molecule is COc1ccccc1NC(N)=NCCOc1cccc(F)c1. The summed E-state index contributed by atoms with van der Waals surface area (Å²) in [6.07, 6.45) is 0. The van der Waals surface area contributed by atoms with Gasteiger partial charge in [-0.3, -0.25) is 0 Å². The highest BCUT2D eigenvalue weighted by Gasteiger charge is 2.02. The lowest BCUT2D eigenvalue weighted by atomic mass is 10.3. The minimum absolute atomic E-state index is 0.257. The number of aliphatic imine (C=N–C) groups is 1. The van der Waals surface area contributed by atoms with Crippen molar-refractivity contribution in [2.45, 2.75) is 0 Å². The second-order valence-corrected chi connectivity index (χ2v) is 4.40. The van der Waals surface area contributed by atoms with Gasteiger partial charge in [-0.15, -0.1) is 0 Å². The summed E-state index contributed by atoms with van der Waals surface area (Å²) in [5.41, 5.74) is 6.53. The molecule has 3 N–H and O–H groups in total. The van der Waals surface area contributed by atoms with E-state index in [9.17, 15) is 4.39 Å². The number of hydrogen-bond acceptors (Lipinski definition) is 3. The van der Waals surface area contributed by atoms with E-state index in [0.717, 1.165) is 5.69 Å². The van der Waals surface area contributed by atoms with Crippen molar-refractivity contribution in [1.29, 1.82) is 0 Å². The van der Waals surface area contributed by atoms with E-state index in [1.807, 2.05) is 24.3 Å². The van der Waals surface area contributed by atoms with Gasteiger partial charge in [0, 0.05) is 6.07 Å². The fourth-order valence-electron chi connectivity index (χ4n) is 1.81. The molecule has 0 amide bonds. The number of nitrogens with two attached hydrogens (primary N) is 1. The average Bonchev–Trinajstić information content (AvgIpc) is 2.52. The molecule has 0 saturated heterocycles. The van der Waals surface area contributed by atoms with E-state index in [4.69, 9.17) is 15.2 Å². The van der Waals surface area contributed by atoms with E-state index < -0.39 is 0 Å². The number of para-hydroxylation sites is 2. The summed E-state index contributed by atoms with van der Waals surface area (Å²) in [7, 11) is 1.58. The lowest BCUT2D eigenvalue weighted by molar-refractivity contribution is 0.327. The third kappa shape index (κ3) is 4.66. The first kappa shape index (κ1) is 15.6. The fourth-order valence-corrected chi connectivity index (χ4v) is 1.81. The zero-order valence-electron chi connectivity index (χ0n) is 12.3. The third-order valence-corrected chi connectivity index (χ3v) is 2.81. The number of halogens is 1. The summed E-state index contributed by atoms with van der Waals surface area (Å²) in [4.78, 5) is 4.14. The van der Waals surface area contributed by atoms with Crippen LogP contribution < -0.4 is 20.5 Å². The molecule has 0 fully saturated rings. The maximum absolute atomic E-state index is 13.0. The second-order valence-electron chi connectivity index (χ2n) is 4.40. The van der Waals surface area contributed by atoms with Gasteiger partial charge in [0.05, 0.1) is 19.3 Å². The number of rotatable bonds is 6. The molecule has 0 atom stereocenters. The van der Waals surface area contributed by atoms with Crippen molar-refractivity contribution in [1.82, 2.24) is 0 Å². The van der Waals surface area contributed by atoms with Crippen LogP contribution in [-0.2, 0) is 0 Å². The molecule has 0 heterocycles. The molecule has 6 heteroatoms. The van der Waals surface area contributed by atoms with Crippen LogP contribution in [0.1, 0.15) is 0 Å². The molecule has 0 aromatic heterocycles. The number of guanidine groups is 1. The molecule has 116 valence electrons. The Balaban J connectivity index is 1.83. The van der Waals surface area contributed by atoms with Crippen LogP contribution in [0.15, 0.2) is 53.5 Å². The van der Waals surface area contributed by atoms with E-state index >= 15 is 0 Å². The van der Waals surface area contributed by atoms with Crippen LogP contribution in [0, 0.1) is 5.82 Å². The fraction of sp³-hybridized carbons (Fsp3) is 0.188. The normalized spacial score (nSPS) is 11.1. The zero-order valence-corrected chi connectivity index (χ0v) is 12.3. The van der Waals surface area contributed by atoms with Crippen molar-refractivity contribution in [3.63, 3.8) is 0 Å². The zero-order chi connectivity index (χ0) is 15.8. The van der Waals surface area contributed by atoms with E-state index in [2.05, 4.69) is 10.3 Å². The second kappa shape index (κ2) is 7.87. The predicted molar refractivity (Wildman–Crippen MR) is 85.0 cm³/mol. The minimum Gasteiger partial charge on any atom is -0.495 e. The molecule has 0 aliphatic heterocycles. The molecule has 0 radical (unpaired) electrons. The molecule has 22 heavy (non-hydrogen) atoms. The van der Waals surface area contributed by atoms with Crippen LogP contribution >= 0.6 is 0 Å². The van der Waals surface area contributed by atoms with E-state index in [1.165, 1.54) is 12.1 Å². The Morgan fingerprint density at radius 2 is 2.05 bits per heavy atom. The monoisotopic (exact) mass is 303 g/mol. The number of anilines is 1. The number of hydrogen-bond donors (Lipinski definition) is 2. The van der Waals surface area contributed by atoms with Crippen molar-refractivity contribution in [2.24, 2.45) is 10.7 Å². The summed E-state index contributed by atoms with van der Waals surface area (Å²) >= 11 is 0. The van der Waals surface area contributed by atoms with Gasteiger partial charge in [0.1, 0.15) is 23.9 Å². The maximum atomic E-state index is 13.0. The van der Waals surface area contributed by atoms with Crippen LogP contribution in [0.4, 0.5) is 10.1 Å². The molecular weight excluding hydrogens is 285 g/mol. The number of benzene rings is 2. The van der Waals surface area contributed by atoms with Crippen molar-refractivity contribution in [3.8, 4) is 11.5 Å². The lowest BCUT2D eigenvalue weighted by Gasteiger charge is -2.10. The van der Waals surface area contributed by atoms with Crippen molar-refractivity contribution >= 4 is 11.6 Å². The highest BCUT2D eigenvalue weighted by molar-refractivity contribution is 5.93. The van der Waals surface area contributed by atoms with Crippen molar-refractivity contribution in [2.75, 3.05) is 25.6 Å². The number of nitrogens with one attached hydrogen (secondary N) is 1. The van der Waals surface area contributed by atoms with Gasteiger partial charge >= 0.3 is 0 Å². The van der Waals surface area contributed by atoms with Gasteiger partial charge in [-0.1, -0.05) is 18.2 Å². The number of nitrogens with zero attached hydrogens (tertiary/aromatic N) is 1. The molecule has 5 nitrogen and oxygen atoms in total. The first-order valence-corrected chi connectivity index (χ1v) is 6.77. The van der Waals surface area contributed by atoms with Gasteiger partial charge < -0.3 is 20.5 Å². The Morgan fingerprint density at radius 3 is 2.82 bits per heavy atom. The van der Waals surface area contributed by atoms with Crippen LogP contribution in [0.5, 0.6) is 11.5 Å². The predicted octanol–water partition coefficient (Wildman–Crippen LogP) is 2.64. The summed E-state index contributed by atoms with van der Waals surface area (Å²) in [5, 5.41) is 2.96. The van der Waals surface area contributed by atoms with Crippen molar-refractivity contribution in [3.05, 3.63) is 54.3 Å². The molecule has 0 aliphatic carbocycles. The maximum Gasteiger partial charge on any atom is 0.193 e. The first-order chi connectivity index (χ1) is 10.7. The highest BCUT2D eigenvalue weighted by Crippen LogP contribution is 2.22. The molecule has 2 aromatic carbocycles. The van der Waals surface area contributed by atoms with E-state index in [1.54, 1.807) is 19.2 Å². The summed E-state index contributed by atoms with van der Waals surface area (Å²) in [5.74, 6) is 1.06. The first-order valence-electron chi connectivity index (χ1n) is 6.77. The molecule has 2 aromatic rings. The number of ether oxygens (including phenoxy) is 2. The molecule has 0 unspecified atom stereocenters. The molecule has 0 aliphatic rings. The lowest BCUT2D eigenvalue weighted by Crippen LogP contribution is -2.23. The largest absolute Gasteiger partial charge is 0.495 e. The molecular formula is C16H18FN3O2.